The van der Waals surface area contributed by atoms with Crippen LogP contribution in [0.15, 0.2) is 54.1 Å². The van der Waals surface area contributed by atoms with Crippen molar-refractivity contribution in [3.8, 4) is 11.8 Å². The third-order valence-electron chi connectivity index (χ3n) is 5.21. The Balaban J connectivity index is 1.98. The number of aryl methyl sites for hydroxylation is 3. The van der Waals surface area contributed by atoms with Crippen LogP contribution in [0.1, 0.15) is 38.4 Å². The summed E-state index contributed by atoms with van der Waals surface area (Å²) in [5.74, 6) is -1.44. The van der Waals surface area contributed by atoms with E-state index in [1.807, 2.05) is 62.6 Å². The molecule has 0 spiro atoms. The zero-order chi connectivity index (χ0) is 22.7. The second-order valence-corrected chi connectivity index (χ2v) is 7.41. The second-order valence-electron chi connectivity index (χ2n) is 7.41. The van der Waals surface area contributed by atoms with E-state index in [4.69, 9.17) is 0 Å². The van der Waals surface area contributed by atoms with Gasteiger partial charge in [0, 0.05) is 22.8 Å². The lowest BCUT2D eigenvalue weighted by atomic mass is 10.1. The van der Waals surface area contributed by atoms with E-state index in [0.717, 1.165) is 33.8 Å². The smallest absolute Gasteiger partial charge is 0.335 e. The molecule has 0 bridgehead atoms. The molecule has 3 rings (SSSR count). The maximum absolute atomic E-state index is 12.7. The van der Waals surface area contributed by atoms with Crippen molar-refractivity contribution in [1.82, 2.24) is 4.57 Å². The highest BCUT2D eigenvalue weighted by atomic mass is 16.4. The number of carbonyl (C=O) groups is 2. The number of carboxylic acid groups (broad SMARTS) is 1. The first kappa shape index (κ1) is 21.6. The van der Waals surface area contributed by atoms with Crippen molar-refractivity contribution >= 4 is 23.6 Å². The second kappa shape index (κ2) is 8.72. The molecule has 3 aromatic rings. The van der Waals surface area contributed by atoms with Crippen molar-refractivity contribution < 1.29 is 14.7 Å². The lowest BCUT2D eigenvalue weighted by Gasteiger charge is -2.13. The van der Waals surface area contributed by atoms with E-state index >= 15 is 0 Å². The molecule has 0 atom stereocenters. The van der Waals surface area contributed by atoms with Gasteiger partial charge in [0.05, 0.1) is 5.56 Å². The molecular weight excluding hydrogens is 390 g/mol. The van der Waals surface area contributed by atoms with Crippen LogP contribution in [-0.2, 0) is 4.79 Å². The van der Waals surface area contributed by atoms with Gasteiger partial charge in [-0.15, -0.1) is 0 Å². The number of rotatable bonds is 5. The number of hydrogen-bond acceptors (Lipinski definition) is 3. The molecule has 31 heavy (non-hydrogen) atoms. The average Bonchev–Trinajstić information content (AvgIpc) is 3.00. The highest BCUT2D eigenvalue weighted by Gasteiger charge is 2.16. The van der Waals surface area contributed by atoms with Crippen LogP contribution in [0.3, 0.4) is 0 Å². The number of carbonyl (C=O) groups excluding carboxylic acids is 1. The molecule has 1 aromatic heterocycles. The molecule has 0 saturated heterocycles. The summed E-state index contributed by atoms with van der Waals surface area (Å²) in [6.45, 7) is 7.56. The standard InChI is InChI=1S/C25H23N3O3/c1-15-7-5-6-8-22(15)27-24(29)21(14-26)13-20-12-17(3)28(18(20)4)23-10-9-19(25(30)31)11-16(23)2/h5-13H,1-4H3,(H,27,29)(H,30,31)/b21-13+. The lowest BCUT2D eigenvalue weighted by Crippen LogP contribution is -2.14. The Morgan fingerprint density at radius 3 is 2.35 bits per heavy atom. The van der Waals surface area contributed by atoms with Gasteiger partial charge >= 0.3 is 5.97 Å². The van der Waals surface area contributed by atoms with E-state index < -0.39 is 11.9 Å². The summed E-state index contributed by atoms with van der Waals surface area (Å²) in [6.07, 6.45) is 1.58. The Morgan fingerprint density at radius 2 is 1.74 bits per heavy atom. The number of nitriles is 1. The van der Waals surface area contributed by atoms with E-state index in [9.17, 15) is 20.0 Å². The van der Waals surface area contributed by atoms with Crippen molar-refractivity contribution in [2.45, 2.75) is 27.7 Å². The van der Waals surface area contributed by atoms with Gasteiger partial charge in [-0.2, -0.15) is 5.26 Å². The number of nitrogens with one attached hydrogen (secondary N) is 1. The molecular formula is C25H23N3O3. The molecule has 2 N–H and O–H groups in total. The summed E-state index contributed by atoms with van der Waals surface area (Å²) in [4.78, 5) is 23.9. The number of carboxylic acids is 1. The van der Waals surface area contributed by atoms with Crippen molar-refractivity contribution in [3.63, 3.8) is 0 Å². The fourth-order valence-corrected chi connectivity index (χ4v) is 3.55. The van der Waals surface area contributed by atoms with Gasteiger partial charge in [-0.3, -0.25) is 4.79 Å². The van der Waals surface area contributed by atoms with Crippen LogP contribution < -0.4 is 5.32 Å². The van der Waals surface area contributed by atoms with Gasteiger partial charge < -0.3 is 15.0 Å². The van der Waals surface area contributed by atoms with Gasteiger partial charge in [0.2, 0.25) is 0 Å². The number of amides is 1. The van der Waals surface area contributed by atoms with Gasteiger partial charge in [0.1, 0.15) is 11.6 Å². The predicted molar refractivity (Wildman–Crippen MR) is 120 cm³/mol. The third kappa shape index (κ3) is 4.41. The van der Waals surface area contributed by atoms with Crippen LogP contribution in [0.2, 0.25) is 0 Å². The fraction of sp³-hybridized carbons (Fsp3) is 0.160. The maximum Gasteiger partial charge on any atom is 0.335 e. The number of benzene rings is 2. The fourth-order valence-electron chi connectivity index (χ4n) is 3.55. The molecule has 0 aliphatic rings. The molecule has 1 amide bonds. The highest BCUT2D eigenvalue weighted by molar-refractivity contribution is 6.10. The molecule has 6 heteroatoms. The zero-order valence-electron chi connectivity index (χ0n) is 17.9. The summed E-state index contributed by atoms with van der Waals surface area (Å²) >= 11 is 0. The Morgan fingerprint density at radius 1 is 1.03 bits per heavy atom. The van der Waals surface area contributed by atoms with E-state index in [-0.39, 0.29) is 11.1 Å². The summed E-state index contributed by atoms with van der Waals surface area (Å²) < 4.78 is 1.99. The van der Waals surface area contributed by atoms with Gasteiger partial charge in [0.25, 0.3) is 5.91 Å². The number of hydrogen-bond donors (Lipinski definition) is 2. The summed E-state index contributed by atoms with van der Waals surface area (Å²) in [5.41, 5.74) is 5.96. The molecule has 0 radical (unpaired) electrons. The van der Waals surface area contributed by atoms with Gasteiger partial charge in [-0.1, -0.05) is 18.2 Å². The van der Waals surface area contributed by atoms with Gasteiger partial charge in [0.15, 0.2) is 0 Å². The SMILES string of the molecule is Cc1ccccc1NC(=O)/C(C#N)=C/c1cc(C)n(-c2ccc(C(=O)O)cc2C)c1C. The molecule has 1 heterocycles. The quantitative estimate of drug-likeness (QED) is 0.457. The summed E-state index contributed by atoms with van der Waals surface area (Å²) in [7, 11) is 0. The molecule has 0 aliphatic carbocycles. The van der Waals surface area contributed by atoms with Crippen molar-refractivity contribution in [1.29, 1.82) is 5.26 Å². The van der Waals surface area contributed by atoms with E-state index in [1.54, 1.807) is 30.3 Å². The van der Waals surface area contributed by atoms with E-state index in [0.29, 0.717) is 5.69 Å². The minimum absolute atomic E-state index is 0.00134. The van der Waals surface area contributed by atoms with Crippen LogP contribution in [0.4, 0.5) is 5.69 Å². The van der Waals surface area contributed by atoms with Crippen LogP contribution in [0.25, 0.3) is 11.8 Å². The number of nitrogens with zero attached hydrogens (tertiary/aromatic N) is 2. The molecule has 0 unspecified atom stereocenters. The molecule has 0 fully saturated rings. The number of para-hydroxylation sites is 1. The Labute approximate surface area is 181 Å². The number of aromatic nitrogens is 1. The Kier molecular flexibility index (Phi) is 6.07. The molecule has 156 valence electrons. The lowest BCUT2D eigenvalue weighted by molar-refractivity contribution is -0.112. The van der Waals surface area contributed by atoms with E-state index in [1.165, 1.54) is 0 Å². The van der Waals surface area contributed by atoms with Crippen LogP contribution in [0.5, 0.6) is 0 Å². The average molecular weight is 413 g/mol. The zero-order valence-corrected chi connectivity index (χ0v) is 17.9. The van der Waals surface area contributed by atoms with E-state index in [2.05, 4.69) is 5.32 Å². The topological polar surface area (TPSA) is 95.1 Å². The van der Waals surface area contributed by atoms with Crippen LogP contribution in [-0.4, -0.2) is 21.6 Å². The molecule has 2 aromatic carbocycles. The van der Waals surface area contributed by atoms with Crippen LogP contribution in [0, 0.1) is 39.0 Å². The minimum atomic E-state index is -0.974. The first-order chi connectivity index (χ1) is 14.7. The Bertz CT molecular complexity index is 1260. The first-order valence-electron chi connectivity index (χ1n) is 9.75. The normalized spacial score (nSPS) is 11.1. The third-order valence-corrected chi connectivity index (χ3v) is 5.21. The molecule has 6 nitrogen and oxygen atoms in total. The molecule has 0 saturated carbocycles. The largest absolute Gasteiger partial charge is 0.478 e. The number of aromatic carboxylic acids is 1. The number of anilines is 1. The monoisotopic (exact) mass is 413 g/mol. The summed E-state index contributed by atoms with van der Waals surface area (Å²) in [5, 5.41) is 21.6. The Hall–Kier alpha value is -4.11. The van der Waals surface area contributed by atoms with Crippen molar-refractivity contribution in [2.24, 2.45) is 0 Å². The maximum atomic E-state index is 12.7. The summed E-state index contributed by atoms with van der Waals surface area (Å²) in [6, 6.07) is 16.2. The van der Waals surface area contributed by atoms with Crippen molar-refractivity contribution in [2.75, 3.05) is 5.32 Å². The van der Waals surface area contributed by atoms with Crippen LogP contribution >= 0.6 is 0 Å². The predicted octanol–water partition coefficient (Wildman–Crippen LogP) is 4.95. The van der Waals surface area contributed by atoms with Gasteiger partial charge in [-0.25, -0.2) is 4.79 Å². The minimum Gasteiger partial charge on any atom is -0.478 e. The molecule has 0 aliphatic heterocycles. The van der Waals surface area contributed by atoms with Gasteiger partial charge in [-0.05, 0) is 80.8 Å². The first-order valence-corrected chi connectivity index (χ1v) is 9.75. The highest BCUT2D eigenvalue weighted by Crippen LogP contribution is 2.26. The van der Waals surface area contributed by atoms with Crippen molar-refractivity contribution in [3.05, 3.63) is 87.7 Å².